The van der Waals surface area contributed by atoms with E-state index in [4.69, 9.17) is 23.7 Å². The number of hydrogen-bond acceptors (Lipinski definition) is 9. The summed E-state index contributed by atoms with van der Waals surface area (Å²) >= 11 is 0. The van der Waals surface area contributed by atoms with Crippen molar-refractivity contribution < 1.29 is 42.9 Å². The Morgan fingerprint density at radius 2 is 1.50 bits per heavy atom. The van der Waals surface area contributed by atoms with E-state index in [0.717, 1.165) is 0 Å². The topological polar surface area (TPSA) is 126 Å². The lowest BCUT2D eigenvalue weighted by Crippen LogP contribution is -2.67. The fourth-order valence-corrected chi connectivity index (χ4v) is 3.02. The van der Waals surface area contributed by atoms with E-state index in [9.17, 15) is 19.2 Å². The first kappa shape index (κ1) is 23.1. The van der Waals surface area contributed by atoms with Crippen LogP contribution in [-0.4, -0.2) is 61.1 Å². The Kier molecular flexibility index (Phi) is 8.16. The van der Waals surface area contributed by atoms with Gasteiger partial charge in [-0.25, -0.2) is 0 Å². The van der Waals surface area contributed by atoms with E-state index in [1.165, 1.54) is 27.7 Å². The summed E-state index contributed by atoms with van der Waals surface area (Å²) in [5.74, 6) is -1.93. The molecule has 1 aliphatic heterocycles. The molecule has 1 heterocycles. The second-order valence-corrected chi connectivity index (χ2v) is 6.65. The Hall–Kier alpha value is -3.14. The molecule has 0 radical (unpaired) electrons. The molecule has 1 N–H and O–H groups in total. The molecule has 30 heavy (non-hydrogen) atoms. The molecular formula is C20H25NO9. The average molecular weight is 423 g/mol. The summed E-state index contributed by atoms with van der Waals surface area (Å²) in [6.45, 7) is 4.56. The molecule has 1 aliphatic rings. The average Bonchev–Trinajstić information content (AvgIpc) is 2.64. The highest BCUT2D eigenvalue weighted by molar-refractivity contribution is 5.73. The van der Waals surface area contributed by atoms with E-state index < -0.39 is 54.5 Å². The summed E-state index contributed by atoms with van der Waals surface area (Å²) in [4.78, 5) is 46.6. The maximum Gasteiger partial charge on any atom is 0.303 e. The van der Waals surface area contributed by atoms with E-state index in [2.05, 4.69) is 5.32 Å². The van der Waals surface area contributed by atoms with Crippen LogP contribution in [0, 0.1) is 0 Å². The van der Waals surface area contributed by atoms with Crippen LogP contribution >= 0.6 is 0 Å². The molecule has 1 fully saturated rings. The molecule has 1 saturated heterocycles. The van der Waals surface area contributed by atoms with Crippen molar-refractivity contribution in [2.75, 3.05) is 6.61 Å². The molecule has 0 unspecified atom stereocenters. The third-order valence-electron chi connectivity index (χ3n) is 4.07. The van der Waals surface area contributed by atoms with Gasteiger partial charge in [0, 0.05) is 27.7 Å². The number of ether oxygens (including phenoxy) is 5. The van der Waals surface area contributed by atoms with E-state index in [-0.39, 0.29) is 6.61 Å². The molecule has 10 nitrogen and oxygen atoms in total. The van der Waals surface area contributed by atoms with Gasteiger partial charge in [0.1, 0.15) is 24.5 Å². The molecule has 0 spiro atoms. The quantitative estimate of drug-likeness (QED) is 0.498. The second-order valence-electron chi connectivity index (χ2n) is 6.65. The van der Waals surface area contributed by atoms with E-state index in [1.807, 2.05) is 0 Å². The lowest BCUT2D eigenvalue weighted by molar-refractivity contribution is -0.257. The molecule has 0 aromatic heterocycles. The van der Waals surface area contributed by atoms with Crippen LogP contribution in [0.15, 0.2) is 30.3 Å². The smallest absolute Gasteiger partial charge is 0.303 e. The number of hydrogen-bond donors (Lipinski definition) is 1. The van der Waals surface area contributed by atoms with Gasteiger partial charge in [-0.2, -0.15) is 0 Å². The van der Waals surface area contributed by atoms with Crippen molar-refractivity contribution in [2.24, 2.45) is 0 Å². The highest BCUT2D eigenvalue weighted by atomic mass is 16.7. The highest BCUT2D eigenvalue weighted by Crippen LogP contribution is 2.29. The molecule has 0 bridgehead atoms. The number of amides is 1. The van der Waals surface area contributed by atoms with Gasteiger partial charge < -0.3 is 29.0 Å². The summed E-state index contributed by atoms with van der Waals surface area (Å²) in [7, 11) is 0. The predicted octanol–water partition coefficient (Wildman–Crippen LogP) is 0.721. The van der Waals surface area contributed by atoms with Gasteiger partial charge in [-0.15, -0.1) is 0 Å². The minimum atomic E-state index is -1.15. The molecule has 0 saturated carbocycles. The molecule has 10 heteroatoms. The van der Waals surface area contributed by atoms with Crippen LogP contribution in [-0.2, 0) is 38.1 Å². The summed E-state index contributed by atoms with van der Waals surface area (Å²) in [5, 5.41) is 2.63. The van der Waals surface area contributed by atoms with Gasteiger partial charge in [0.15, 0.2) is 12.2 Å². The van der Waals surface area contributed by atoms with Gasteiger partial charge in [0.25, 0.3) is 0 Å². The first-order chi connectivity index (χ1) is 14.2. The number of esters is 3. The molecule has 1 aromatic rings. The van der Waals surface area contributed by atoms with Gasteiger partial charge >= 0.3 is 17.9 Å². The summed E-state index contributed by atoms with van der Waals surface area (Å²) in [6, 6.07) is 7.62. The molecule has 164 valence electrons. The third-order valence-corrected chi connectivity index (χ3v) is 4.07. The Labute approximate surface area is 173 Å². The molecule has 1 aromatic carbocycles. The minimum Gasteiger partial charge on any atom is -0.463 e. The van der Waals surface area contributed by atoms with Gasteiger partial charge in [-0.05, 0) is 12.1 Å². The van der Waals surface area contributed by atoms with Gasteiger partial charge in [-0.3, -0.25) is 19.2 Å². The van der Waals surface area contributed by atoms with Crippen LogP contribution in [0.25, 0.3) is 0 Å². The highest BCUT2D eigenvalue weighted by Gasteiger charge is 2.51. The summed E-state index contributed by atoms with van der Waals surface area (Å²) in [6.07, 6.45) is -4.45. The lowest BCUT2D eigenvalue weighted by atomic mass is 9.96. The van der Waals surface area contributed by atoms with Crippen LogP contribution < -0.4 is 10.1 Å². The zero-order valence-electron chi connectivity index (χ0n) is 17.2. The maximum atomic E-state index is 11.8. The SMILES string of the molecule is CC(=O)N[C@@H]1[C@@H](Oc2ccccc2)O[C@@H](COC(C)=O)[C@@H](OC(C)=O)[C@@H]1OC(C)=O. The third kappa shape index (κ3) is 6.73. The Balaban J connectivity index is 2.42. The van der Waals surface area contributed by atoms with E-state index >= 15 is 0 Å². The van der Waals surface area contributed by atoms with Crippen molar-refractivity contribution in [3.05, 3.63) is 30.3 Å². The lowest BCUT2D eigenvalue weighted by Gasteiger charge is -2.44. The summed E-state index contributed by atoms with van der Waals surface area (Å²) in [5.41, 5.74) is 0. The fourth-order valence-electron chi connectivity index (χ4n) is 3.02. The monoisotopic (exact) mass is 423 g/mol. The van der Waals surface area contributed by atoms with Crippen molar-refractivity contribution in [3.8, 4) is 5.75 Å². The van der Waals surface area contributed by atoms with Crippen LogP contribution in [0.1, 0.15) is 27.7 Å². The number of benzene rings is 1. The van der Waals surface area contributed by atoms with Crippen LogP contribution in [0.4, 0.5) is 0 Å². The zero-order valence-corrected chi connectivity index (χ0v) is 17.2. The van der Waals surface area contributed by atoms with Crippen LogP contribution in [0.3, 0.4) is 0 Å². The predicted molar refractivity (Wildman–Crippen MR) is 101 cm³/mol. The normalized spacial score (nSPS) is 25.5. The van der Waals surface area contributed by atoms with Crippen LogP contribution in [0.2, 0.25) is 0 Å². The van der Waals surface area contributed by atoms with Crippen molar-refractivity contribution in [3.63, 3.8) is 0 Å². The van der Waals surface area contributed by atoms with E-state index in [1.54, 1.807) is 30.3 Å². The van der Waals surface area contributed by atoms with Crippen molar-refractivity contribution in [1.82, 2.24) is 5.32 Å². The molecular weight excluding hydrogens is 398 g/mol. The molecule has 2 rings (SSSR count). The van der Waals surface area contributed by atoms with Gasteiger partial charge in [0.05, 0.1) is 0 Å². The Morgan fingerprint density at radius 1 is 0.900 bits per heavy atom. The van der Waals surface area contributed by atoms with Gasteiger partial charge in [-0.1, -0.05) is 18.2 Å². The Morgan fingerprint density at radius 3 is 2.03 bits per heavy atom. The number of nitrogens with one attached hydrogen (secondary N) is 1. The standard InChI is InChI=1S/C20H25NO9/c1-11(22)21-17-19(28-14(4)25)18(27-13(3)24)16(10-26-12(2)23)30-20(17)29-15-8-6-5-7-9-15/h5-9,16-20H,10H2,1-4H3,(H,21,22)/t16-,17-,18+,19+,20-/m0/s1. The minimum absolute atomic E-state index is 0.285. The number of carbonyl (C=O) groups is 4. The zero-order chi connectivity index (χ0) is 22.3. The largest absolute Gasteiger partial charge is 0.463 e. The molecule has 5 atom stereocenters. The van der Waals surface area contributed by atoms with Crippen molar-refractivity contribution in [2.45, 2.75) is 58.3 Å². The number of para-hydroxylation sites is 1. The van der Waals surface area contributed by atoms with E-state index in [0.29, 0.717) is 5.75 Å². The number of rotatable bonds is 7. The Bertz CT molecular complexity index is 767. The fraction of sp³-hybridized carbons (Fsp3) is 0.500. The van der Waals surface area contributed by atoms with Crippen LogP contribution in [0.5, 0.6) is 5.75 Å². The maximum absolute atomic E-state index is 11.8. The molecule has 1 amide bonds. The van der Waals surface area contributed by atoms with Gasteiger partial charge in [0.2, 0.25) is 12.2 Å². The second kappa shape index (κ2) is 10.6. The summed E-state index contributed by atoms with van der Waals surface area (Å²) < 4.78 is 27.5. The first-order valence-electron chi connectivity index (χ1n) is 9.29. The molecule has 0 aliphatic carbocycles. The number of carbonyl (C=O) groups excluding carboxylic acids is 4. The van der Waals surface area contributed by atoms with Crippen molar-refractivity contribution >= 4 is 23.8 Å². The van der Waals surface area contributed by atoms with Crippen molar-refractivity contribution in [1.29, 1.82) is 0 Å². The first-order valence-corrected chi connectivity index (χ1v) is 9.29.